The van der Waals surface area contributed by atoms with Crippen LogP contribution < -0.4 is 5.32 Å². The Labute approximate surface area is 112 Å². The summed E-state index contributed by atoms with van der Waals surface area (Å²) in [6.45, 7) is -0.249. The molecule has 0 radical (unpaired) electrons. The zero-order valence-electron chi connectivity index (χ0n) is 10.1. The summed E-state index contributed by atoms with van der Waals surface area (Å²) in [5.74, 6) is -0.323. The Kier molecular flexibility index (Phi) is 8.24. The minimum atomic E-state index is -2.51. The number of likely N-dealkylation sites (N-methyl/N-ethyl adjacent to an activating group) is 1. The van der Waals surface area contributed by atoms with Crippen molar-refractivity contribution in [2.75, 3.05) is 20.1 Å². The van der Waals surface area contributed by atoms with Gasteiger partial charge in [0.15, 0.2) is 0 Å². The second-order valence-electron chi connectivity index (χ2n) is 3.68. The average Bonchev–Trinajstić information content (AvgIpc) is 2.29. The molecule has 1 rings (SSSR count). The second-order valence-corrected chi connectivity index (χ2v) is 3.68. The number of hydrogen-bond acceptors (Lipinski definition) is 2. The number of amides is 1. The lowest BCUT2D eigenvalue weighted by molar-refractivity contribution is -0.132. The number of benzene rings is 1. The SMILES string of the molecule is CNCC(=O)N(Cc1ccccc1)CC(F)F.Cl. The monoisotopic (exact) mass is 278 g/mol. The lowest BCUT2D eigenvalue weighted by Crippen LogP contribution is -2.39. The highest BCUT2D eigenvalue weighted by Gasteiger charge is 2.17. The first-order valence-electron chi connectivity index (χ1n) is 5.38. The molecule has 0 fully saturated rings. The normalized spacial score (nSPS) is 10.0. The van der Waals surface area contributed by atoms with Gasteiger partial charge in [-0.1, -0.05) is 30.3 Å². The first-order valence-corrected chi connectivity index (χ1v) is 5.38. The zero-order chi connectivity index (χ0) is 12.7. The molecule has 0 heterocycles. The summed E-state index contributed by atoms with van der Waals surface area (Å²) >= 11 is 0. The van der Waals surface area contributed by atoms with E-state index in [-0.39, 0.29) is 31.4 Å². The topological polar surface area (TPSA) is 32.3 Å². The molecule has 0 aliphatic rings. The predicted octanol–water partition coefficient (Wildman–Crippen LogP) is 1.92. The number of nitrogens with one attached hydrogen (secondary N) is 1. The van der Waals surface area contributed by atoms with Crippen LogP contribution >= 0.6 is 12.4 Å². The van der Waals surface area contributed by atoms with Gasteiger partial charge in [-0.3, -0.25) is 4.79 Å². The molecule has 0 bridgehead atoms. The Balaban J connectivity index is 0.00000289. The first kappa shape index (κ1) is 16.8. The molecule has 6 heteroatoms. The number of carbonyl (C=O) groups is 1. The van der Waals surface area contributed by atoms with E-state index in [4.69, 9.17) is 0 Å². The fraction of sp³-hybridized carbons (Fsp3) is 0.417. The summed E-state index contributed by atoms with van der Waals surface area (Å²) in [6, 6.07) is 9.10. The van der Waals surface area contributed by atoms with Gasteiger partial charge in [0.2, 0.25) is 5.91 Å². The van der Waals surface area contributed by atoms with Crippen molar-refractivity contribution < 1.29 is 13.6 Å². The molecule has 1 aromatic carbocycles. The highest BCUT2D eigenvalue weighted by molar-refractivity contribution is 5.85. The average molecular weight is 279 g/mol. The Morgan fingerprint density at radius 1 is 1.33 bits per heavy atom. The number of halogens is 3. The molecule has 0 spiro atoms. The number of rotatable bonds is 6. The van der Waals surface area contributed by atoms with E-state index in [1.165, 1.54) is 0 Å². The van der Waals surface area contributed by atoms with Crippen molar-refractivity contribution in [3.63, 3.8) is 0 Å². The van der Waals surface area contributed by atoms with E-state index < -0.39 is 13.0 Å². The van der Waals surface area contributed by atoms with Crippen molar-refractivity contribution in [2.24, 2.45) is 0 Å². The van der Waals surface area contributed by atoms with E-state index in [1.54, 1.807) is 7.05 Å². The van der Waals surface area contributed by atoms with Gasteiger partial charge in [0.1, 0.15) is 0 Å². The van der Waals surface area contributed by atoms with Crippen LogP contribution in [0.15, 0.2) is 30.3 Å². The zero-order valence-corrected chi connectivity index (χ0v) is 10.9. The van der Waals surface area contributed by atoms with E-state index in [1.807, 2.05) is 30.3 Å². The van der Waals surface area contributed by atoms with Gasteiger partial charge in [-0.2, -0.15) is 0 Å². The third-order valence-corrected chi connectivity index (χ3v) is 2.26. The molecule has 102 valence electrons. The van der Waals surface area contributed by atoms with E-state index in [0.29, 0.717) is 0 Å². The van der Waals surface area contributed by atoms with Crippen molar-refractivity contribution in [1.29, 1.82) is 0 Å². The quantitative estimate of drug-likeness (QED) is 0.862. The molecule has 1 amide bonds. The Morgan fingerprint density at radius 2 is 1.94 bits per heavy atom. The van der Waals surface area contributed by atoms with E-state index in [0.717, 1.165) is 10.5 Å². The van der Waals surface area contributed by atoms with Gasteiger partial charge in [-0.05, 0) is 12.6 Å². The largest absolute Gasteiger partial charge is 0.332 e. The van der Waals surface area contributed by atoms with Crippen LogP contribution in [0.3, 0.4) is 0 Å². The maximum atomic E-state index is 12.4. The smallest absolute Gasteiger partial charge is 0.255 e. The molecular weight excluding hydrogens is 262 g/mol. The van der Waals surface area contributed by atoms with E-state index in [9.17, 15) is 13.6 Å². The fourth-order valence-electron chi connectivity index (χ4n) is 1.49. The lowest BCUT2D eigenvalue weighted by atomic mass is 10.2. The summed E-state index contributed by atoms with van der Waals surface area (Å²) in [7, 11) is 1.61. The molecule has 3 nitrogen and oxygen atoms in total. The molecular formula is C12H17ClF2N2O. The maximum Gasteiger partial charge on any atom is 0.255 e. The third-order valence-electron chi connectivity index (χ3n) is 2.26. The molecule has 0 aliphatic heterocycles. The molecule has 1 N–H and O–H groups in total. The lowest BCUT2D eigenvalue weighted by Gasteiger charge is -2.22. The van der Waals surface area contributed by atoms with Gasteiger partial charge in [-0.15, -0.1) is 12.4 Å². The van der Waals surface area contributed by atoms with Crippen molar-refractivity contribution in [3.8, 4) is 0 Å². The summed E-state index contributed by atoms with van der Waals surface area (Å²) in [5.41, 5.74) is 0.845. The number of nitrogens with zero attached hydrogens (tertiary/aromatic N) is 1. The highest BCUT2D eigenvalue weighted by atomic mass is 35.5. The fourth-order valence-corrected chi connectivity index (χ4v) is 1.49. The summed E-state index contributed by atoms with van der Waals surface area (Å²) in [4.78, 5) is 12.8. The van der Waals surface area contributed by atoms with Gasteiger partial charge in [0.25, 0.3) is 6.43 Å². The minimum absolute atomic E-state index is 0. The number of carbonyl (C=O) groups excluding carboxylic acids is 1. The third kappa shape index (κ3) is 5.93. The van der Waals surface area contributed by atoms with Crippen LogP contribution in [0.1, 0.15) is 5.56 Å². The van der Waals surface area contributed by atoms with Crippen molar-refractivity contribution in [2.45, 2.75) is 13.0 Å². The van der Waals surface area contributed by atoms with Gasteiger partial charge in [0.05, 0.1) is 13.1 Å². The number of alkyl halides is 2. The Morgan fingerprint density at radius 3 is 2.44 bits per heavy atom. The predicted molar refractivity (Wildman–Crippen MR) is 69.0 cm³/mol. The van der Waals surface area contributed by atoms with Crippen LogP contribution in [0, 0.1) is 0 Å². The van der Waals surface area contributed by atoms with Gasteiger partial charge < -0.3 is 10.2 Å². The van der Waals surface area contributed by atoms with Crippen LogP contribution in [-0.4, -0.2) is 37.4 Å². The van der Waals surface area contributed by atoms with Crippen LogP contribution in [0.25, 0.3) is 0 Å². The minimum Gasteiger partial charge on any atom is -0.332 e. The number of hydrogen-bond donors (Lipinski definition) is 1. The molecule has 0 unspecified atom stereocenters. The van der Waals surface area contributed by atoms with Crippen LogP contribution in [0.5, 0.6) is 0 Å². The van der Waals surface area contributed by atoms with Crippen LogP contribution in [-0.2, 0) is 11.3 Å². The van der Waals surface area contributed by atoms with Crippen molar-refractivity contribution in [1.82, 2.24) is 10.2 Å². The van der Waals surface area contributed by atoms with Crippen LogP contribution in [0.2, 0.25) is 0 Å². The molecule has 0 aromatic heterocycles. The van der Waals surface area contributed by atoms with E-state index >= 15 is 0 Å². The first-order chi connectivity index (χ1) is 8.13. The Hall–Kier alpha value is -1.20. The van der Waals surface area contributed by atoms with Crippen molar-refractivity contribution >= 4 is 18.3 Å². The molecule has 0 aliphatic carbocycles. The highest BCUT2D eigenvalue weighted by Crippen LogP contribution is 2.07. The molecule has 0 saturated heterocycles. The maximum absolute atomic E-state index is 12.4. The molecule has 1 aromatic rings. The molecule has 18 heavy (non-hydrogen) atoms. The Bertz CT molecular complexity index is 349. The molecule has 0 saturated carbocycles. The summed E-state index contributed by atoms with van der Waals surface area (Å²) in [5, 5.41) is 2.67. The summed E-state index contributed by atoms with van der Waals surface area (Å²) in [6.07, 6.45) is -2.51. The van der Waals surface area contributed by atoms with E-state index in [2.05, 4.69) is 5.32 Å². The standard InChI is InChI=1S/C12H16F2N2O.ClH/c1-15-7-12(17)16(9-11(13)14)8-10-5-3-2-4-6-10;/h2-6,11,15H,7-9H2,1H3;1H. The second kappa shape index (κ2) is 8.83. The summed E-state index contributed by atoms with van der Waals surface area (Å²) < 4.78 is 24.7. The van der Waals surface area contributed by atoms with Gasteiger partial charge in [-0.25, -0.2) is 8.78 Å². The van der Waals surface area contributed by atoms with Gasteiger partial charge in [0, 0.05) is 6.54 Å². The molecule has 0 atom stereocenters. The van der Waals surface area contributed by atoms with Gasteiger partial charge >= 0.3 is 0 Å². The van der Waals surface area contributed by atoms with Crippen molar-refractivity contribution in [3.05, 3.63) is 35.9 Å². The van der Waals surface area contributed by atoms with Crippen LogP contribution in [0.4, 0.5) is 8.78 Å².